The van der Waals surface area contributed by atoms with Gasteiger partial charge in [0.25, 0.3) is 0 Å². The molecule has 0 radical (unpaired) electrons. The van der Waals surface area contributed by atoms with Gasteiger partial charge in [-0.25, -0.2) is 13.4 Å². The van der Waals surface area contributed by atoms with Crippen LogP contribution in [0.15, 0.2) is 22.5 Å². The van der Waals surface area contributed by atoms with Crippen molar-refractivity contribution in [1.82, 2.24) is 10.6 Å². The number of nitrogens with zero attached hydrogens (tertiary/aromatic N) is 1. The van der Waals surface area contributed by atoms with Crippen LogP contribution in [0.5, 0.6) is 0 Å². The Morgan fingerprint density at radius 1 is 1.38 bits per heavy atom. The lowest BCUT2D eigenvalue weighted by Gasteiger charge is -2.14. The van der Waals surface area contributed by atoms with E-state index < -0.39 is 9.84 Å². The van der Waals surface area contributed by atoms with E-state index in [9.17, 15) is 8.42 Å². The lowest BCUT2D eigenvalue weighted by atomic mass is 10.2. The Kier molecular flexibility index (Phi) is 7.74. The van der Waals surface area contributed by atoms with Crippen molar-refractivity contribution in [1.29, 1.82) is 0 Å². The summed E-state index contributed by atoms with van der Waals surface area (Å²) in [6.07, 6.45) is 1.84. The molecule has 0 aliphatic rings. The molecule has 0 aromatic carbocycles. The number of rotatable bonds is 8. The Morgan fingerprint density at radius 2 is 2.14 bits per heavy atom. The number of nitrogens with one attached hydrogen (secondary N) is 2. The highest BCUT2D eigenvalue weighted by atomic mass is 32.2. The minimum Gasteiger partial charge on any atom is -0.356 e. The molecule has 1 heterocycles. The first-order valence-electron chi connectivity index (χ1n) is 7.09. The van der Waals surface area contributed by atoms with Crippen LogP contribution in [0.1, 0.15) is 25.1 Å². The predicted octanol–water partition coefficient (Wildman–Crippen LogP) is 1.87. The second-order valence-electron chi connectivity index (χ2n) is 5.43. The first kappa shape index (κ1) is 18.0. The van der Waals surface area contributed by atoms with E-state index in [0.717, 1.165) is 12.5 Å². The summed E-state index contributed by atoms with van der Waals surface area (Å²) in [5.41, 5.74) is 0. The van der Waals surface area contributed by atoms with Gasteiger partial charge in [-0.15, -0.1) is 11.3 Å². The van der Waals surface area contributed by atoms with Gasteiger partial charge in [-0.3, -0.25) is 0 Å². The zero-order valence-electron chi connectivity index (χ0n) is 12.9. The molecule has 0 bridgehead atoms. The van der Waals surface area contributed by atoms with Gasteiger partial charge in [-0.05, 0) is 23.8 Å². The molecule has 0 amide bonds. The number of aliphatic imine (C=N–C) groups is 1. The van der Waals surface area contributed by atoms with Crippen LogP contribution in [0.2, 0.25) is 0 Å². The van der Waals surface area contributed by atoms with Gasteiger partial charge in [0.15, 0.2) is 5.96 Å². The molecule has 0 aliphatic heterocycles. The van der Waals surface area contributed by atoms with E-state index in [1.54, 1.807) is 11.3 Å². The predicted molar refractivity (Wildman–Crippen MR) is 90.6 cm³/mol. The SMILES string of the molecule is CC(C)CNC(=NCc1cccs1)NCCCS(C)(=O)=O. The van der Waals surface area contributed by atoms with Crippen LogP contribution in [0.4, 0.5) is 0 Å². The highest BCUT2D eigenvalue weighted by Crippen LogP contribution is 2.09. The first-order valence-corrected chi connectivity index (χ1v) is 10.0. The summed E-state index contributed by atoms with van der Waals surface area (Å²) in [6, 6.07) is 4.06. The molecule has 21 heavy (non-hydrogen) atoms. The van der Waals surface area contributed by atoms with Gasteiger partial charge in [0.2, 0.25) is 0 Å². The summed E-state index contributed by atoms with van der Waals surface area (Å²) in [4.78, 5) is 5.73. The number of thiophene rings is 1. The molecule has 0 fully saturated rings. The van der Waals surface area contributed by atoms with Crippen LogP contribution in [0.3, 0.4) is 0 Å². The fraction of sp³-hybridized carbons (Fsp3) is 0.643. The van der Waals surface area contributed by atoms with E-state index >= 15 is 0 Å². The average Bonchev–Trinajstić information content (AvgIpc) is 2.88. The second-order valence-corrected chi connectivity index (χ2v) is 8.72. The number of sulfone groups is 1. The summed E-state index contributed by atoms with van der Waals surface area (Å²) >= 11 is 1.68. The molecule has 0 aliphatic carbocycles. The van der Waals surface area contributed by atoms with Crippen molar-refractivity contribution in [2.24, 2.45) is 10.9 Å². The molecule has 2 N–H and O–H groups in total. The number of hydrogen-bond acceptors (Lipinski definition) is 4. The zero-order valence-corrected chi connectivity index (χ0v) is 14.6. The lowest BCUT2D eigenvalue weighted by Crippen LogP contribution is -2.40. The van der Waals surface area contributed by atoms with E-state index in [1.165, 1.54) is 11.1 Å². The quantitative estimate of drug-likeness (QED) is 0.433. The third kappa shape index (κ3) is 9.47. The molecule has 0 unspecified atom stereocenters. The molecular formula is C14H25N3O2S2. The highest BCUT2D eigenvalue weighted by Gasteiger charge is 2.04. The largest absolute Gasteiger partial charge is 0.356 e. The van der Waals surface area contributed by atoms with Crippen LogP contribution in [0.25, 0.3) is 0 Å². The standard InChI is InChI=1S/C14H25N3O2S2/c1-12(2)10-16-14(15-7-5-9-21(3,18)19)17-11-13-6-4-8-20-13/h4,6,8,12H,5,7,9-11H2,1-3H3,(H2,15,16,17). The minimum atomic E-state index is -2.89. The van der Waals surface area contributed by atoms with Gasteiger partial charge >= 0.3 is 0 Å². The maximum Gasteiger partial charge on any atom is 0.191 e. The van der Waals surface area contributed by atoms with Crippen molar-refractivity contribution in [3.8, 4) is 0 Å². The van der Waals surface area contributed by atoms with E-state index in [1.807, 2.05) is 11.4 Å². The van der Waals surface area contributed by atoms with Gasteiger partial charge in [0, 0.05) is 24.2 Å². The van der Waals surface area contributed by atoms with E-state index in [4.69, 9.17) is 0 Å². The van der Waals surface area contributed by atoms with Crippen molar-refractivity contribution in [2.45, 2.75) is 26.8 Å². The summed E-state index contributed by atoms with van der Waals surface area (Å²) in [5, 5.41) is 8.50. The Bertz CT molecular complexity index is 522. The molecule has 0 atom stereocenters. The molecule has 1 aromatic rings. The molecule has 0 saturated carbocycles. The summed E-state index contributed by atoms with van der Waals surface area (Å²) < 4.78 is 22.2. The molecule has 1 aromatic heterocycles. The van der Waals surface area contributed by atoms with Crippen molar-refractivity contribution in [3.63, 3.8) is 0 Å². The van der Waals surface area contributed by atoms with Gasteiger partial charge in [-0.2, -0.15) is 0 Å². The summed E-state index contributed by atoms with van der Waals surface area (Å²) in [7, 11) is -2.89. The van der Waals surface area contributed by atoms with Crippen LogP contribution < -0.4 is 10.6 Å². The van der Waals surface area contributed by atoms with E-state index in [-0.39, 0.29) is 5.75 Å². The van der Waals surface area contributed by atoms with E-state index in [2.05, 4.69) is 35.5 Å². The molecular weight excluding hydrogens is 306 g/mol. The second kappa shape index (κ2) is 9.04. The summed E-state index contributed by atoms with van der Waals surface area (Å²) in [5.74, 6) is 1.46. The van der Waals surface area contributed by atoms with Crippen LogP contribution in [-0.4, -0.2) is 39.5 Å². The Hall–Kier alpha value is -1.08. The number of guanidine groups is 1. The molecule has 0 spiro atoms. The van der Waals surface area contributed by atoms with Gasteiger partial charge in [0.05, 0.1) is 12.3 Å². The fourth-order valence-corrected chi connectivity index (χ4v) is 2.87. The van der Waals surface area contributed by atoms with Gasteiger partial charge < -0.3 is 10.6 Å². The Morgan fingerprint density at radius 3 is 2.71 bits per heavy atom. The maximum absolute atomic E-state index is 11.1. The highest BCUT2D eigenvalue weighted by molar-refractivity contribution is 7.90. The Balaban J connectivity index is 2.45. The molecule has 7 heteroatoms. The first-order chi connectivity index (χ1) is 9.87. The summed E-state index contributed by atoms with van der Waals surface area (Å²) in [6.45, 7) is 6.34. The van der Waals surface area contributed by atoms with Crippen molar-refractivity contribution >= 4 is 27.1 Å². The smallest absolute Gasteiger partial charge is 0.191 e. The molecule has 0 saturated heterocycles. The van der Waals surface area contributed by atoms with Crippen LogP contribution in [0, 0.1) is 5.92 Å². The monoisotopic (exact) mass is 331 g/mol. The van der Waals surface area contributed by atoms with Crippen LogP contribution in [-0.2, 0) is 16.4 Å². The minimum absolute atomic E-state index is 0.197. The zero-order chi connectivity index (χ0) is 15.7. The molecule has 5 nitrogen and oxygen atoms in total. The maximum atomic E-state index is 11.1. The third-order valence-electron chi connectivity index (χ3n) is 2.64. The van der Waals surface area contributed by atoms with Crippen molar-refractivity contribution < 1.29 is 8.42 Å². The fourth-order valence-electron chi connectivity index (χ4n) is 1.58. The molecule has 120 valence electrons. The van der Waals surface area contributed by atoms with Crippen molar-refractivity contribution in [2.75, 3.05) is 25.1 Å². The third-order valence-corrected chi connectivity index (χ3v) is 4.53. The average molecular weight is 332 g/mol. The van der Waals surface area contributed by atoms with Crippen molar-refractivity contribution in [3.05, 3.63) is 22.4 Å². The Labute approximate surface area is 131 Å². The van der Waals surface area contributed by atoms with Crippen LogP contribution >= 0.6 is 11.3 Å². The van der Waals surface area contributed by atoms with Gasteiger partial charge in [0.1, 0.15) is 9.84 Å². The normalized spacial score (nSPS) is 12.7. The van der Waals surface area contributed by atoms with Gasteiger partial charge in [-0.1, -0.05) is 19.9 Å². The number of hydrogen-bond donors (Lipinski definition) is 2. The van der Waals surface area contributed by atoms with E-state index in [0.29, 0.717) is 25.4 Å². The lowest BCUT2D eigenvalue weighted by molar-refractivity contribution is 0.596. The molecule has 1 rings (SSSR count). The topological polar surface area (TPSA) is 70.6 Å².